The summed E-state index contributed by atoms with van der Waals surface area (Å²) in [4.78, 5) is 23.3. The van der Waals surface area contributed by atoms with Crippen molar-refractivity contribution in [3.05, 3.63) is 65.0 Å². The van der Waals surface area contributed by atoms with Gasteiger partial charge in [-0.3, -0.25) is 4.79 Å². The zero-order valence-electron chi connectivity index (χ0n) is 11.6. The lowest BCUT2D eigenvalue weighted by molar-refractivity contribution is 0.0600. The molecule has 0 unspecified atom stereocenters. The Morgan fingerprint density at radius 2 is 1.67 bits per heavy atom. The number of rotatable bonds is 3. The van der Waals surface area contributed by atoms with Crippen LogP contribution in [-0.2, 0) is 4.74 Å². The lowest BCUT2D eigenvalue weighted by Crippen LogP contribution is -2.12. The minimum atomic E-state index is -0.450. The topological polar surface area (TPSA) is 55.4 Å². The van der Waals surface area contributed by atoms with E-state index >= 15 is 0 Å². The third-order valence-electron chi connectivity index (χ3n) is 3.00. The summed E-state index contributed by atoms with van der Waals surface area (Å²) in [5, 5.41) is 2.63. The molecule has 0 fully saturated rings. The summed E-state index contributed by atoms with van der Waals surface area (Å²) in [5.74, 6) is -1.29. The van der Waals surface area contributed by atoms with E-state index in [-0.39, 0.29) is 5.56 Å². The molecule has 0 atom stereocenters. The fourth-order valence-electron chi connectivity index (χ4n) is 1.74. The fraction of sp³-hybridized carbons (Fsp3) is 0.125. The first-order valence-electron chi connectivity index (χ1n) is 6.27. The normalized spacial score (nSPS) is 10.0. The summed E-state index contributed by atoms with van der Waals surface area (Å²) in [6.07, 6.45) is 0. The van der Waals surface area contributed by atoms with Crippen LogP contribution in [0.3, 0.4) is 0 Å². The Kier molecular flexibility index (Phi) is 4.33. The number of benzene rings is 2. The number of hydrogen-bond acceptors (Lipinski definition) is 3. The lowest BCUT2D eigenvalue weighted by Gasteiger charge is -2.07. The van der Waals surface area contributed by atoms with E-state index in [0.717, 1.165) is 0 Å². The van der Waals surface area contributed by atoms with Crippen molar-refractivity contribution >= 4 is 17.6 Å². The molecule has 0 bridgehead atoms. The number of hydrogen-bond donors (Lipinski definition) is 1. The molecule has 0 radical (unpaired) electrons. The average Bonchev–Trinajstić information content (AvgIpc) is 2.50. The van der Waals surface area contributed by atoms with E-state index in [1.165, 1.54) is 25.3 Å². The van der Waals surface area contributed by atoms with Crippen LogP contribution in [0.25, 0.3) is 0 Å². The van der Waals surface area contributed by atoms with Crippen molar-refractivity contribution in [3.63, 3.8) is 0 Å². The second kappa shape index (κ2) is 6.17. The van der Waals surface area contributed by atoms with Gasteiger partial charge >= 0.3 is 5.97 Å². The highest BCUT2D eigenvalue weighted by Crippen LogP contribution is 2.14. The molecule has 2 aromatic carbocycles. The molecule has 21 heavy (non-hydrogen) atoms. The highest BCUT2D eigenvalue weighted by Gasteiger charge is 2.09. The van der Waals surface area contributed by atoms with Gasteiger partial charge in [-0.15, -0.1) is 0 Å². The molecule has 0 aliphatic carbocycles. The maximum Gasteiger partial charge on any atom is 0.337 e. The first-order valence-corrected chi connectivity index (χ1v) is 6.27. The molecule has 0 aliphatic heterocycles. The molecule has 4 nitrogen and oxygen atoms in total. The number of methoxy groups -OCH3 is 1. The van der Waals surface area contributed by atoms with Crippen LogP contribution in [0.2, 0.25) is 0 Å². The molecule has 2 aromatic rings. The predicted octanol–water partition coefficient (Wildman–Crippen LogP) is 3.17. The molecular formula is C16H14FNO3. The van der Waals surface area contributed by atoms with Crippen LogP contribution in [0.1, 0.15) is 26.3 Å². The smallest absolute Gasteiger partial charge is 0.337 e. The molecular weight excluding hydrogens is 273 g/mol. The first-order chi connectivity index (χ1) is 10.0. The van der Waals surface area contributed by atoms with Crippen molar-refractivity contribution in [1.82, 2.24) is 0 Å². The second-order valence-electron chi connectivity index (χ2n) is 4.49. The standard InChI is InChI=1S/C16H14FNO3/c1-10-3-4-12(9-14(10)17)15(19)18-13-7-5-11(6-8-13)16(20)21-2/h3-9H,1-2H3,(H,18,19). The Morgan fingerprint density at radius 3 is 2.24 bits per heavy atom. The molecule has 5 heteroatoms. The third-order valence-corrected chi connectivity index (χ3v) is 3.00. The number of carbonyl (C=O) groups is 2. The van der Waals surface area contributed by atoms with Gasteiger partial charge in [0, 0.05) is 11.3 Å². The van der Waals surface area contributed by atoms with E-state index in [2.05, 4.69) is 10.1 Å². The van der Waals surface area contributed by atoms with Crippen molar-refractivity contribution in [1.29, 1.82) is 0 Å². The predicted molar refractivity (Wildman–Crippen MR) is 76.9 cm³/mol. The van der Waals surface area contributed by atoms with Gasteiger partial charge in [0.05, 0.1) is 12.7 Å². The van der Waals surface area contributed by atoms with Crippen LogP contribution in [0.5, 0.6) is 0 Å². The van der Waals surface area contributed by atoms with Gasteiger partial charge in [-0.2, -0.15) is 0 Å². The molecule has 108 valence electrons. The summed E-state index contributed by atoms with van der Waals surface area (Å²) in [5.41, 5.74) is 1.61. The van der Waals surface area contributed by atoms with E-state index in [1.807, 2.05) is 0 Å². The lowest BCUT2D eigenvalue weighted by atomic mass is 10.1. The average molecular weight is 287 g/mol. The van der Waals surface area contributed by atoms with Gasteiger partial charge in [0.2, 0.25) is 0 Å². The summed E-state index contributed by atoms with van der Waals surface area (Å²) in [7, 11) is 1.30. The number of nitrogens with one attached hydrogen (secondary N) is 1. The second-order valence-corrected chi connectivity index (χ2v) is 4.49. The van der Waals surface area contributed by atoms with E-state index in [1.54, 1.807) is 31.2 Å². The maximum atomic E-state index is 13.4. The molecule has 1 amide bonds. The minimum Gasteiger partial charge on any atom is -0.465 e. The quantitative estimate of drug-likeness (QED) is 0.882. The van der Waals surface area contributed by atoms with Gasteiger partial charge in [0.15, 0.2) is 0 Å². The molecule has 1 N–H and O–H groups in total. The molecule has 0 saturated heterocycles. The molecule has 0 aliphatic rings. The Morgan fingerprint density at radius 1 is 1.05 bits per heavy atom. The summed E-state index contributed by atoms with van der Waals surface area (Å²) < 4.78 is 18.0. The number of carbonyl (C=O) groups excluding carboxylic acids is 2. The van der Waals surface area contributed by atoms with Crippen molar-refractivity contribution in [3.8, 4) is 0 Å². The van der Waals surface area contributed by atoms with E-state index < -0.39 is 17.7 Å². The molecule has 0 saturated carbocycles. The molecule has 2 rings (SSSR count). The SMILES string of the molecule is COC(=O)c1ccc(NC(=O)c2ccc(C)c(F)c2)cc1. The van der Waals surface area contributed by atoms with Gasteiger partial charge < -0.3 is 10.1 Å². The van der Waals surface area contributed by atoms with Crippen molar-refractivity contribution in [2.45, 2.75) is 6.92 Å². The molecule has 0 aromatic heterocycles. The maximum absolute atomic E-state index is 13.4. The number of anilines is 1. The number of halogens is 1. The number of aryl methyl sites for hydroxylation is 1. The van der Waals surface area contributed by atoms with Gasteiger partial charge in [0.25, 0.3) is 5.91 Å². The van der Waals surface area contributed by atoms with Crippen LogP contribution in [0, 0.1) is 12.7 Å². The van der Waals surface area contributed by atoms with Gasteiger partial charge in [-0.05, 0) is 48.9 Å². The van der Waals surface area contributed by atoms with Crippen molar-refractivity contribution in [2.75, 3.05) is 12.4 Å². The summed E-state index contributed by atoms with van der Waals surface area (Å²) in [6.45, 7) is 1.63. The van der Waals surface area contributed by atoms with Crippen LogP contribution in [-0.4, -0.2) is 19.0 Å². The Bertz CT molecular complexity index is 680. The third kappa shape index (κ3) is 3.45. The van der Waals surface area contributed by atoms with E-state index in [0.29, 0.717) is 16.8 Å². The van der Waals surface area contributed by atoms with Crippen LogP contribution < -0.4 is 5.32 Å². The fourth-order valence-corrected chi connectivity index (χ4v) is 1.74. The molecule has 0 spiro atoms. The zero-order valence-corrected chi connectivity index (χ0v) is 11.6. The monoisotopic (exact) mass is 287 g/mol. The van der Waals surface area contributed by atoms with Gasteiger partial charge in [-0.25, -0.2) is 9.18 Å². The summed E-state index contributed by atoms with van der Waals surface area (Å²) >= 11 is 0. The largest absolute Gasteiger partial charge is 0.465 e. The molecule has 0 heterocycles. The van der Waals surface area contributed by atoms with Crippen molar-refractivity contribution < 1.29 is 18.7 Å². The van der Waals surface area contributed by atoms with E-state index in [9.17, 15) is 14.0 Å². The Balaban J connectivity index is 2.12. The van der Waals surface area contributed by atoms with Crippen LogP contribution in [0.4, 0.5) is 10.1 Å². The van der Waals surface area contributed by atoms with Crippen LogP contribution in [0.15, 0.2) is 42.5 Å². The number of amides is 1. The number of ether oxygens (including phenoxy) is 1. The highest BCUT2D eigenvalue weighted by molar-refractivity contribution is 6.04. The number of esters is 1. The first kappa shape index (κ1) is 14.7. The van der Waals surface area contributed by atoms with Gasteiger partial charge in [0.1, 0.15) is 5.82 Å². The minimum absolute atomic E-state index is 0.232. The van der Waals surface area contributed by atoms with Crippen LogP contribution >= 0.6 is 0 Å². The highest BCUT2D eigenvalue weighted by atomic mass is 19.1. The van der Waals surface area contributed by atoms with E-state index in [4.69, 9.17) is 0 Å². The Labute approximate surface area is 121 Å². The van der Waals surface area contributed by atoms with Gasteiger partial charge in [-0.1, -0.05) is 6.07 Å². The summed E-state index contributed by atoms with van der Waals surface area (Å²) in [6, 6.07) is 10.5. The van der Waals surface area contributed by atoms with Crippen molar-refractivity contribution in [2.24, 2.45) is 0 Å². The Hall–Kier alpha value is -2.69. The zero-order chi connectivity index (χ0) is 15.4.